The van der Waals surface area contributed by atoms with E-state index in [0.717, 1.165) is 10.0 Å². The van der Waals surface area contributed by atoms with Gasteiger partial charge in [-0.05, 0) is 29.8 Å². The summed E-state index contributed by atoms with van der Waals surface area (Å²) in [6.07, 6.45) is 1.45. The monoisotopic (exact) mass is 443 g/mol. The zero-order chi connectivity index (χ0) is 19.5. The van der Waals surface area contributed by atoms with Crippen LogP contribution >= 0.6 is 15.9 Å². The van der Waals surface area contributed by atoms with Gasteiger partial charge in [-0.1, -0.05) is 28.1 Å². The average Bonchev–Trinajstić information content (AvgIpc) is 2.74. The van der Waals surface area contributed by atoms with Crippen LogP contribution in [-0.4, -0.2) is 43.7 Å². The predicted octanol–water partition coefficient (Wildman–Crippen LogP) is 3.46. The molecule has 0 radical (unpaired) electrons. The van der Waals surface area contributed by atoms with Gasteiger partial charge in [-0.15, -0.1) is 0 Å². The Bertz CT molecular complexity index is 1050. The van der Waals surface area contributed by atoms with Gasteiger partial charge >= 0.3 is 0 Å². The van der Waals surface area contributed by atoms with Crippen LogP contribution < -0.4 is 10.2 Å². The molecule has 0 saturated carbocycles. The molecule has 0 atom stereocenters. The van der Waals surface area contributed by atoms with Crippen molar-refractivity contribution in [2.24, 2.45) is 0 Å². The summed E-state index contributed by atoms with van der Waals surface area (Å²) in [5.41, 5.74) is 1.59. The molecule has 144 valence electrons. The molecule has 0 N–H and O–H groups in total. The number of carbonyl (C=O) groups excluding carboxylic acids is 1. The zero-order valence-corrected chi connectivity index (χ0v) is 16.6. The second-order valence-electron chi connectivity index (χ2n) is 6.43. The summed E-state index contributed by atoms with van der Waals surface area (Å²) in [5, 5.41) is 0.465. The van der Waals surface area contributed by atoms with Crippen molar-refractivity contribution < 1.29 is 18.7 Å². The summed E-state index contributed by atoms with van der Waals surface area (Å²) in [6, 6.07) is 12.4. The number of rotatable bonds is 4. The van der Waals surface area contributed by atoms with E-state index in [4.69, 9.17) is 13.9 Å². The molecule has 0 bridgehead atoms. The topological polar surface area (TPSA) is 69.0 Å². The molecule has 1 fully saturated rings. The molecule has 1 amide bonds. The van der Waals surface area contributed by atoms with Crippen LogP contribution in [0.3, 0.4) is 0 Å². The maximum absolute atomic E-state index is 12.8. The van der Waals surface area contributed by atoms with Crippen molar-refractivity contribution in [1.29, 1.82) is 0 Å². The van der Waals surface area contributed by atoms with E-state index in [-0.39, 0.29) is 17.9 Å². The normalized spacial score (nSPS) is 14.2. The van der Waals surface area contributed by atoms with Crippen LogP contribution in [0.5, 0.6) is 5.75 Å². The van der Waals surface area contributed by atoms with Crippen LogP contribution in [0.15, 0.2) is 62.4 Å². The van der Waals surface area contributed by atoms with Crippen molar-refractivity contribution >= 4 is 32.8 Å². The van der Waals surface area contributed by atoms with Gasteiger partial charge in [0, 0.05) is 23.6 Å². The van der Waals surface area contributed by atoms with Crippen LogP contribution in [0.1, 0.15) is 0 Å². The summed E-state index contributed by atoms with van der Waals surface area (Å²) >= 11 is 3.39. The number of fused-ring (bicyclic) bond motifs is 1. The SMILES string of the molecule is O=C(COc1ccc2c(=O)c(-c3ccc(Br)cc3)coc2c1)N1CCOCC1. The molecule has 6 nitrogen and oxygen atoms in total. The fraction of sp³-hybridized carbons (Fsp3) is 0.238. The number of amides is 1. The van der Waals surface area contributed by atoms with E-state index in [0.29, 0.717) is 48.6 Å². The Morgan fingerprint density at radius 1 is 1.11 bits per heavy atom. The lowest BCUT2D eigenvalue weighted by Gasteiger charge is -2.26. The molecular weight excluding hydrogens is 426 g/mol. The minimum atomic E-state index is -0.112. The summed E-state index contributed by atoms with van der Waals surface area (Å²) < 4.78 is 17.4. The first kappa shape index (κ1) is 18.7. The Morgan fingerprint density at radius 3 is 2.61 bits per heavy atom. The lowest BCUT2D eigenvalue weighted by molar-refractivity contribution is -0.137. The third-order valence-corrected chi connectivity index (χ3v) is 5.16. The highest BCUT2D eigenvalue weighted by atomic mass is 79.9. The van der Waals surface area contributed by atoms with Gasteiger partial charge in [0.1, 0.15) is 17.6 Å². The molecule has 1 saturated heterocycles. The number of carbonyl (C=O) groups is 1. The summed E-state index contributed by atoms with van der Waals surface area (Å²) in [7, 11) is 0. The lowest BCUT2D eigenvalue weighted by atomic mass is 10.1. The smallest absolute Gasteiger partial charge is 0.260 e. The molecule has 0 aliphatic carbocycles. The van der Waals surface area contributed by atoms with Crippen LogP contribution in [-0.2, 0) is 9.53 Å². The van der Waals surface area contributed by atoms with Crippen LogP contribution in [0.4, 0.5) is 0 Å². The highest BCUT2D eigenvalue weighted by Gasteiger charge is 2.17. The van der Waals surface area contributed by atoms with E-state index < -0.39 is 0 Å². The molecular formula is C21H18BrNO5. The number of ether oxygens (including phenoxy) is 2. The maximum Gasteiger partial charge on any atom is 0.260 e. The van der Waals surface area contributed by atoms with Crippen molar-refractivity contribution in [2.45, 2.75) is 0 Å². The number of nitrogens with zero attached hydrogens (tertiary/aromatic N) is 1. The fourth-order valence-corrected chi connectivity index (χ4v) is 3.34. The largest absolute Gasteiger partial charge is 0.484 e. The summed E-state index contributed by atoms with van der Waals surface area (Å²) in [5.74, 6) is 0.393. The third kappa shape index (κ3) is 3.95. The first-order valence-corrected chi connectivity index (χ1v) is 9.71. The van der Waals surface area contributed by atoms with E-state index in [1.807, 2.05) is 24.3 Å². The zero-order valence-electron chi connectivity index (χ0n) is 15.0. The summed E-state index contributed by atoms with van der Waals surface area (Å²) in [6.45, 7) is 2.19. The predicted molar refractivity (Wildman–Crippen MR) is 109 cm³/mol. The van der Waals surface area contributed by atoms with E-state index >= 15 is 0 Å². The van der Waals surface area contributed by atoms with E-state index in [9.17, 15) is 9.59 Å². The number of hydrogen-bond acceptors (Lipinski definition) is 5. The van der Waals surface area contributed by atoms with Crippen LogP contribution in [0.25, 0.3) is 22.1 Å². The fourth-order valence-electron chi connectivity index (χ4n) is 3.08. The van der Waals surface area contributed by atoms with Crippen molar-refractivity contribution in [2.75, 3.05) is 32.9 Å². The molecule has 1 aliphatic rings. The Balaban J connectivity index is 1.53. The van der Waals surface area contributed by atoms with Crippen molar-refractivity contribution in [3.05, 3.63) is 63.4 Å². The standard InChI is InChI=1S/C21H18BrNO5/c22-15-3-1-14(2-4-15)18-12-28-19-11-16(5-6-17(19)21(18)25)27-13-20(24)23-7-9-26-10-8-23/h1-6,11-12H,7-10,13H2. The van der Waals surface area contributed by atoms with Gasteiger partial charge < -0.3 is 18.8 Å². The molecule has 0 unspecified atom stereocenters. The van der Waals surface area contributed by atoms with Gasteiger partial charge in [0.25, 0.3) is 5.91 Å². The van der Waals surface area contributed by atoms with Crippen LogP contribution in [0, 0.1) is 0 Å². The Morgan fingerprint density at radius 2 is 1.86 bits per heavy atom. The molecule has 0 spiro atoms. The summed E-state index contributed by atoms with van der Waals surface area (Å²) in [4.78, 5) is 26.7. The van der Waals surface area contributed by atoms with Crippen molar-refractivity contribution in [3.63, 3.8) is 0 Å². The molecule has 2 aromatic carbocycles. The Hall–Kier alpha value is -2.64. The van der Waals surface area contributed by atoms with Crippen LogP contribution in [0.2, 0.25) is 0 Å². The molecule has 7 heteroatoms. The quantitative estimate of drug-likeness (QED) is 0.617. The van der Waals surface area contributed by atoms with Crippen molar-refractivity contribution in [3.8, 4) is 16.9 Å². The average molecular weight is 444 g/mol. The maximum atomic E-state index is 12.8. The highest BCUT2D eigenvalue weighted by Crippen LogP contribution is 2.24. The number of benzene rings is 2. The minimum absolute atomic E-state index is 0.0628. The molecule has 3 aromatic rings. The molecule has 4 rings (SSSR count). The number of halogens is 1. The van der Waals surface area contributed by atoms with Gasteiger partial charge in [-0.2, -0.15) is 0 Å². The lowest BCUT2D eigenvalue weighted by Crippen LogP contribution is -2.42. The van der Waals surface area contributed by atoms with Gasteiger partial charge in [-0.25, -0.2) is 0 Å². The Labute approximate surface area is 169 Å². The number of hydrogen-bond donors (Lipinski definition) is 0. The first-order chi connectivity index (χ1) is 13.6. The highest BCUT2D eigenvalue weighted by molar-refractivity contribution is 9.10. The molecule has 1 aromatic heterocycles. The number of morpholine rings is 1. The van der Waals surface area contributed by atoms with Gasteiger partial charge in [-0.3, -0.25) is 9.59 Å². The Kier molecular flexibility index (Phi) is 5.45. The van der Waals surface area contributed by atoms with E-state index in [2.05, 4.69) is 15.9 Å². The van der Waals surface area contributed by atoms with E-state index in [1.54, 1.807) is 23.1 Å². The second-order valence-corrected chi connectivity index (χ2v) is 7.34. The van der Waals surface area contributed by atoms with E-state index in [1.165, 1.54) is 6.26 Å². The van der Waals surface area contributed by atoms with Gasteiger partial charge in [0.15, 0.2) is 12.0 Å². The van der Waals surface area contributed by atoms with Crippen molar-refractivity contribution in [1.82, 2.24) is 4.90 Å². The second kappa shape index (κ2) is 8.16. The van der Waals surface area contributed by atoms with Gasteiger partial charge in [0.05, 0.1) is 24.2 Å². The minimum Gasteiger partial charge on any atom is -0.484 e. The molecule has 2 heterocycles. The van der Waals surface area contributed by atoms with Gasteiger partial charge in [0.2, 0.25) is 0 Å². The molecule has 28 heavy (non-hydrogen) atoms. The first-order valence-electron chi connectivity index (χ1n) is 8.91. The molecule has 1 aliphatic heterocycles. The third-order valence-electron chi connectivity index (χ3n) is 4.63.